The molecule has 0 atom stereocenters. The molecule has 0 aromatic carbocycles. The summed E-state index contributed by atoms with van der Waals surface area (Å²) in [4.78, 5) is 11.8. The van der Waals surface area contributed by atoms with E-state index >= 15 is 0 Å². The van der Waals surface area contributed by atoms with Gasteiger partial charge in [0.1, 0.15) is 17.3 Å². The topological polar surface area (TPSA) is 29.0 Å². The quantitative estimate of drug-likeness (QED) is 0.795. The molecule has 0 fully saturated rings. The summed E-state index contributed by atoms with van der Waals surface area (Å²) < 4.78 is 0. The standard InChI is InChI=1S/C12H14ClN3S/c1-3-10-11(13)14-8-15-12(10)16(2)7-9-5-4-6-17-9/h4-6,8H,3,7H2,1-2H3. The molecule has 2 rings (SSSR count). The Morgan fingerprint density at radius 3 is 2.88 bits per heavy atom. The van der Waals surface area contributed by atoms with E-state index < -0.39 is 0 Å². The Morgan fingerprint density at radius 2 is 2.24 bits per heavy atom. The van der Waals surface area contributed by atoms with Gasteiger partial charge in [0.15, 0.2) is 0 Å². The van der Waals surface area contributed by atoms with E-state index in [9.17, 15) is 0 Å². The van der Waals surface area contributed by atoms with Gasteiger partial charge in [0.25, 0.3) is 0 Å². The first-order chi connectivity index (χ1) is 8.22. The van der Waals surface area contributed by atoms with Crippen LogP contribution in [0.3, 0.4) is 0 Å². The maximum atomic E-state index is 6.08. The molecular weight excluding hydrogens is 254 g/mol. The predicted molar refractivity (Wildman–Crippen MR) is 72.8 cm³/mol. The third-order valence-electron chi connectivity index (χ3n) is 2.56. The van der Waals surface area contributed by atoms with Crippen LogP contribution in [0.5, 0.6) is 0 Å². The second-order valence-corrected chi connectivity index (χ2v) is 5.15. The van der Waals surface area contributed by atoms with Crippen molar-refractivity contribution in [2.45, 2.75) is 19.9 Å². The van der Waals surface area contributed by atoms with Crippen LogP contribution in [0, 0.1) is 0 Å². The first-order valence-corrected chi connectivity index (χ1v) is 6.71. The van der Waals surface area contributed by atoms with Crippen molar-refractivity contribution in [1.82, 2.24) is 9.97 Å². The van der Waals surface area contributed by atoms with E-state index in [0.29, 0.717) is 5.15 Å². The van der Waals surface area contributed by atoms with Crippen molar-refractivity contribution in [3.05, 3.63) is 39.4 Å². The number of hydrogen-bond donors (Lipinski definition) is 0. The summed E-state index contributed by atoms with van der Waals surface area (Å²) in [6.07, 6.45) is 2.35. The van der Waals surface area contributed by atoms with Crippen LogP contribution in [-0.2, 0) is 13.0 Å². The van der Waals surface area contributed by atoms with Gasteiger partial charge in [-0.1, -0.05) is 24.6 Å². The zero-order valence-corrected chi connectivity index (χ0v) is 11.4. The van der Waals surface area contributed by atoms with Crippen molar-refractivity contribution in [2.75, 3.05) is 11.9 Å². The summed E-state index contributed by atoms with van der Waals surface area (Å²) >= 11 is 7.83. The SMILES string of the molecule is CCc1c(Cl)ncnc1N(C)Cc1cccs1. The third-order valence-corrected chi connectivity index (χ3v) is 3.75. The summed E-state index contributed by atoms with van der Waals surface area (Å²) in [6, 6.07) is 4.18. The highest BCUT2D eigenvalue weighted by Crippen LogP contribution is 2.24. The summed E-state index contributed by atoms with van der Waals surface area (Å²) in [5, 5.41) is 2.63. The molecule has 0 saturated heterocycles. The molecule has 0 N–H and O–H groups in total. The summed E-state index contributed by atoms with van der Waals surface area (Å²) in [5.41, 5.74) is 1.01. The van der Waals surface area contributed by atoms with Crippen molar-refractivity contribution in [2.24, 2.45) is 0 Å². The molecule has 0 aliphatic rings. The third kappa shape index (κ3) is 2.76. The smallest absolute Gasteiger partial charge is 0.137 e. The van der Waals surface area contributed by atoms with Crippen LogP contribution in [0.2, 0.25) is 5.15 Å². The van der Waals surface area contributed by atoms with Crippen LogP contribution in [0.4, 0.5) is 5.82 Å². The zero-order valence-electron chi connectivity index (χ0n) is 9.85. The van der Waals surface area contributed by atoms with Crippen molar-refractivity contribution in [3.63, 3.8) is 0 Å². The van der Waals surface area contributed by atoms with Crippen molar-refractivity contribution in [1.29, 1.82) is 0 Å². The highest BCUT2D eigenvalue weighted by atomic mass is 35.5. The largest absolute Gasteiger partial charge is 0.354 e. The van der Waals surface area contributed by atoms with Crippen molar-refractivity contribution in [3.8, 4) is 0 Å². The van der Waals surface area contributed by atoms with Crippen LogP contribution in [0.25, 0.3) is 0 Å². The molecule has 90 valence electrons. The number of hydrogen-bond acceptors (Lipinski definition) is 4. The molecular formula is C12H14ClN3S. The molecule has 0 bridgehead atoms. The maximum Gasteiger partial charge on any atom is 0.137 e. The van der Waals surface area contributed by atoms with Gasteiger partial charge in [-0.25, -0.2) is 9.97 Å². The number of rotatable bonds is 4. The van der Waals surface area contributed by atoms with Crippen LogP contribution in [-0.4, -0.2) is 17.0 Å². The molecule has 5 heteroatoms. The first-order valence-electron chi connectivity index (χ1n) is 5.45. The van der Waals surface area contributed by atoms with E-state index in [2.05, 4.69) is 39.3 Å². The van der Waals surface area contributed by atoms with E-state index in [0.717, 1.165) is 24.3 Å². The molecule has 2 aromatic rings. The maximum absolute atomic E-state index is 6.08. The summed E-state index contributed by atoms with van der Waals surface area (Å²) in [7, 11) is 2.03. The molecule has 0 unspecified atom stereocenters. The number of nitrogens with zero attached hydrogens (tertiary/aromatic N) is 3. The minimum atomic E-state index is 0.551. The highest BCUT2D eigenvalue weighted by molar-refractivity contribution is 7.09. The predicted octanol–water partition coefficient (Wildman–Crippen LogP) is 3.39. The average molecular weight is 268 g/mol. The van der Waals surface area contributed by atoms with Gasteiger partial charge in [-0.2, -0.15) is 0 Å². The fraction of sp³-hybridized carbons (Fsp3) is 0.333. The Balaban J connectivity index is 2.24. The van der Waals surface area contributed by atoms with E-state index in [-0.39, 0.29) is 0 Å². The lowest BCUT2D eigenvalue weighted by atomic mass is 10.2. The van der Waals surface area contributed by atoms with Crippen LogP contribution in [0.1, 0.15) is 17.4 Å². The van der Waals surface area contributed by atoms with Crippen LogP contribution in [0.15, 0.2) is 23.8 Å². The Morgan fingerprint density at radius 1 is 1.41 bits per heavy atom. The lowest BCUT2D eigenvalue weighted by Gasteiger charge is -2.20. The molecule has 0 saturated carbocycles. The van der Waals surface area contributed by atoms with Gasteiger partial charge in [0.2, 0.25) is 0 Å². The second-order valence-electron chi connectivity index (χ2n) is 3.76. The van der Waals surface area contributed by atoms with Gasteiger partial charge in [-0.05, 0) is 17.9 Å². The molecule has 3 nitrogen and oxygen atoms in total. The molecule has 0 aliphatic heterocycles. The van der Waals surface area contributed by atoms with Crippen molar-refractivity contribution >= 4 is 28.8 Å². The Labute approximate surface area is 110 Å². The van der Waals surface area contributed by atoms with E-state index in [1.165, 1.54) is 11.2 Å². The van der Waals surface area contributed by atoms with E-state index in [1.807, 2.05) is 7.05 Å². The zero-order chi connectivity index (χ0) is 12.3. The first kappa shape index (κ1) is 12.3. The Kier molecular flexibility index (Phi) is 3.97. The fourth-order valence-electron chi connectivity index (χ4n) is 1.73. The normalized spacial score (nSPS) is 10.5. The molecule has 17 heavy (non-hydrogen) atoms. The average Bonchev–Trinajstić information content (AvgIpc) is 2.81. The van der Waals surface area contributed by atoms with Gasteiger partial charge in [-0.15, -0.1) is 11.3 Å². The van der Waals surface area contributed by atoms with Crippen molar-refractivity contribution < 1.29 is 0 Å². The summed E-state index contributed by atoms with van der Waals surface area (Å²) in [6.45, 7) is 2.91. The Hall–Kier alpha value is -1.13. The van der Waals surface area contributed by atoms with Gasteiger partial charge < -0.3 is 4.90 Å². The second kappa shape index (κ2) is 5.47. The number of anilines is 1. The highest BCUT2D eigenvalue weighted by Gasteiger charge is 2.12. The Bertz CT molecular complexity index is 485. The van der Waals surface area contributed by atoms with E-state index in [4.69, 9.17) is 11.6 Å². The van der Waals surface area contributed by atoms with Crippen LogP contribution >= 0.6 is 22.9 Å². The number of thiophene rings is 1. The molecule has 0 spiro atoms. The molecule has 0 amide bonds. The minimum absolute atomic E-state index is 0.551. The number of aromatic nitrogens is 2. The molecule has 0 aliphatic carbocycles. The lowest BCUT2D eigenvalue weighted by Crippen LogP contribution is -2.19. The summed E-state index contributed by atoms with van der Waals surface area (Å²) in [5.74, 6) is 0.918. The van der Waals surface area contributed by atoms with Gasteiger partial charge in [0, 0.05) is 17.5 Å². The lowest BCUT2D eigenvalue weighted by molar-refractivity contribution is 0.881. The van der Waals surface area contributed by atoms with Gasteiger partial charge in [-0.3, -0.25) is 0 Å². The van der Waals surface area contributed by atoms with Gasteiger partial charge in [0.05, 0.1) is 6.54 Å². The number of halogens is 1. The molecule has 2 aromatic heterocycles. The van der Waals surface area contributed by atoms with E-state index in [1.54, 1.807) is 11.3 Å². The minimum Gasteiger partial charge on any atom is -0.354 e. The molecule has 2 heterocycles. The van der Waals surface area contributed by atoms with Gasteiger partial charge >= 0.3 is 0 Å². The fourth-order valence-corrected chi connectivity index (χ4v) is 2.75. The monoisotopic (exact) mass is 267 g/mol. The molecule has 0 radical (unpaired) electrons. The van der Waals surface area contributed by atoms with Crippen LogP contribution < -0.4 is 4.90 Å².